The number of aromatic nitrogens is 2. The first-order chi connectivity index (χ1) is 14.8. The fraction of sp³-hybridized carbons (Fsp3) is 0.583. The maximum atomic E-state index is 12.7. The number of rotatable bonds is 6. The summed E-state index contributed by atoms with van der Waals surface area (Å²) in [5.74, 6) is 0.763. The lowest BCUT2D eigenvalue weighted by Gasteiger charge is -2.36. The van der Waals surface area contributed by atoms with Crippen LogP contribution in [-0.4, -0.2) is 21.6 Å². The molecule has 0 spiro atoms. The Morgan fingerprint density at radius 3 is 2.84 bits per heavy atom. The van der Waals surface area contributed by atoms with Crippen molar-refractivity contribution in [2.45, 2.75) is 77.8 Å². The Balaban J connectivity index is 1.43. The van der Waals surface area contributed by atoms with Gasteiger partial charge in [0.2, 0.25) is 5.91 Å². The highest BCUT2D eigenvalue weighted by Gasteiger charge is 2.34. The van der Waals surface area contributed by atoms with Crippen LogP contribution in [0.2, 0.25) is 0 Å². The molecule has 0 radical (unpaired) electrons. The minimum absolute atomic E-state index is 0.104. The summed E-state index contributed by atoms with van der Waals surface area (Å²) >= 11 is 2.96. The number of carbonyl (C=O) groups is 1. The lowest BCUT2D eigenvalue weighted by molar-refractivity contribution is -0.113. The number of carbonyl (C=O) groups excluding carboxylic acids is 1. The molecular formula is C24H30N4OS2. The minimum Gasteiger partial charge on any atom is -0.316 e. The zero-order chi connectivity index (χ0) is 22.2. The molecule has 4 rings (SSSR count). The molecule has 2 aromatic heterocycles. The van der Waals surface area contributed by atoms with Gasteiger partial charge in [-0.05, 0) is 67.9 Å². The highest BCUT2D eigenvalue weighted by atomic mass is 32.2. The Labute approximate surface area is 193 Å². The van der Waals surface area contributed by atoms with Crippen LogP contribution in [0.15, 0.2) is 5.16 Å². The molecule has 0 aliphatic heterocycles. The molecule has 2 heterocycles. The van der Waals surface area contributed by atoms with Gasteiger partial charge in [-0.2, -0.15) is 5.26 Å². The number of nitrogens with one attached hydrogen (secondary N) is 1. The van der Waals surface area contributed by atoms with Gasteiger partial charge in [-0.1, -0.05) is 39.0 Å². The minimum atomic E-state index is -0.104. The van der Waals surface area contributed by atoms with Gasteiger partial charge in [0.1, 0.15) is 11.1 Å². The predicted molar refractivity (Wildman–Crippen MR) is 127 cm³/mol. The summed E-state index contributed by atoms with van der Waals surface area (Å²) in [5, 5.41) is 14.1. The molecule has 7 heteroatoms. The van der Waals surface area contributed by atoms with E-state index in [9.17, 15) is 10.1 Å². The van der Waals surface area contributed by atoms with Gasteiger partial charge >= 0.3 is 0 Å². The van der Waals surface area contributed by atoms with Gasteiger partial charge in [-0.3, -0.25) is 4.79 Å². The monoisotopic (exact) mass is 454 g/mol. The average molecular weight is 455 g/mol. The first-order valence-corrected chi connectivity index (χ1v) is 13.0. The van der Waals surface area contributed by atoms with Crippen molar-refractivity contribution in [2.24, 2.45) is 11.3 Å². The number of hydrogen-bond acceptors (Lipinski definition) is 6. The van der Waals surface area contributed by atoms with E-state index in [0.717, 1.165) is 61.9 Å². The predicted octanol–water partition coefficient (Wildman–Crippen LogP) is 5.48. The summed E-state index contributed by atoms with van der Waals surface area (Å²) in [6.07, 6.45) is 7.38. The number of thiophene rings is 1. The van der Waals surface area contributed by atoms with E-state index in [0.29, 0.717) is 27.1 Å². The van der Waals surface area contributed by atoms with Gasteiger partial charge in [0, 0.05) is 16.3 Å². The first-order valence-electron chi connectivity index (χ1n) is 11.2. The SMILES string of the molecule is CCC(C)(C)[C@@H]1CCc2c(sc(NC(=O)CSc3nc(C)c4c(n3)CCC4)c2C#N)C1. The molecule has 2 aliphatic rings. The third-order valence-electron chi connectivity index (χ3n) is 7.10. The van der Waals surface area contributed by atoms with E-state index in [1.165, 1.54) is 22.2 Å². The van der Waals surface area contributed by atoms with Crippen molar-refractivity contribution in [1.29, 1.82) is 5.26 Å². The van der Waals surface area contributed by atoms with Crippen molar-refractivity contribution in [3.8, 4) is 6.07 Å². The van der Waals surface area contributed by atoms with Crippen LogP contribution in [0.1, 0.15) is 73.0 Å². The molecule has 164 valence electrons. The Hall–Kier alpha value is -1.91. The van der Waals surface area contributed by atoms with E-state index in [4.69, 9.17) is 0 Å². The zero-order valence-corrected chi connectivity index (χ0v) is 20.4. The molecule has 0 fully saturated rings. The van der Waals surface area contributed by atoms with E-state index >= 15 is 0 Å². The van der Waals surface area contributed by atoms with Crippen molar-refractivity contribution in [2.75, 3.05) is 11.1 Å². The average Bonchev–Trinajstić information content (AvgIpc) is 3.35. The van der Waals surface area contributed by atoms with Crippen LogP contribution in [0.3, 0.4) is 0 Å². The van der Waals surface area contributed by atoms with Gasteiger partial charge < -0.3 is 5.32 Å². The molecule has 31 heavy (non-hydrogen) atoms. The van der Waals surface area contributed by atoms with Crippen LogP contribution >= 0.6 is 23.1 Å². The van der Waals surface area contributed by atoms with Crippen molar-refractivity contribution in [3.63, 3.8) is 0 Å². The maximum Gasteiger partial charge on any atom is 0.235 e. The molecule has 5 nitrogen and oxygen atoms in total. The zero-order valence-electron chi connectivity index (χ0n) is 18.8. The largest absolute Gasteiger partial charge is 0.316 e. The number of hydrogen-bond donors (Lipinski definition) is 1. The topological polar surface area (TPSA) is 78.7 Å². The second-order valence-electron chi connectivity index (χ2n) is 9.31. The van der Waals surface area contributed by atoms with Crippen molar-refractivity contribution in [3.05, 3.63) is 33.0 Å². The van der Waals surface area contributed by atoms with Gasteiger partial charge in [-0.15, -0.1) is 11.3 Å². The molecule has 1 atom stereocenters. The maximum absolute atomic E-state index is 12.7. The number of fused-ring (bicyclic) bond motifs is 2. The summed E-state index contributed by atoms with van der Waals surface area (Å²) in [5.41, 5.74) is 5.56. The molecule has 0 saturated carbocycles. The van der Waals surface area contributed by atoms with E-state index in [1.54, 1.807) is 11.3 Å². The van der Waals surface area contributed by atoms with Crippen molar-refractivity contribution in [1.82, 2.24) is 9.97 Å². The number of aryl methyl sites for hydroxylation is 2. The Morgan fingerprint density at radius 2 is 2.10 bits per heavy atom. The third kappa shape index (κ3) is 4.51. The van der Waals surface area contributed by atoms with Crippen LogP contribution < -0.4 is 5.32 Å². The molecule has 0 bridgehead atoms. The van der Waals surface area contributed by atoms with Gasteiger partial charge in [0.25, 0.3) is 0 Å². The van der Waals surface area contributed by atoms with Gasteiger partial charge in [-0.25, -0.2) is 9.97 Å². The molecular weight excluding hydrogens is 424 g/mol. The quantitative estimate of drug-likeness (QED) is 0.462. The summed E-state index contributed by atoms with van der Waals surface area (Å²) in [6, 6.07) is 2.35. The van der Waals surface area contributed by atoms with E-state index in [2.05, 4.69) is 42.1 Å². The van der Waals surface area contributed by atoms with Gasteiger partial charge in [0.15, 0.2) is 5.16 Å². The van der Waals surface area contributed by atoms with E-state index < -0.39 is 0 Å². The fourth-order valence-electron chi connectivity index (χ4n) is 4.70. The van der Waals surface area contributed by atoms with Crippen LogP contribution in [-0.2, 0) is 30.5 Å². The molecule has 2 aromatic rings. The van der Waals surface area contributed by atoms with Gasteiger partial charge in [0.05, 0.1) is 11.3 Å². The lowest BCUT2D eigenvalue weighted by atomic mass is 9.69. The van der Waals surface area contributed by atoms with Crippen molar-refractivity contribution < 1.29 is 4.79 Å². The highest BCUT2D eigenvalue weighted by Crippen LogP contribution is 2.45. The molecule has 1 amide bonds. The number of amides is 1. The second kappa shape index (κ2) is 8.91. The van der Waals surface area contributed by atoms with Crippen LogP contribution in [0.25, 0.3) is 0 Å². The summed E-state index contributed by atoms with van der Waals surface area (Å²) in [6.45, 7) is 8.95. The number of nitriles is 1. The molecule has 0 saturated heterocycles. The summed E-state index contributed by atoms with van der Waals surface area (Å²) < 4.78 is 0. The number of nitrogens with zero attached hydrogens (tertiary/aromatic N) is 3. The van der Waals surface area contributed by atoms with E-state index in [-0.39, 0.29) is 11.7 Å². The second-order valence-corrected chi connectivity index (χ2v) is 11.4. The Kier molecular flexibility index (Phi) is 6.41. The number of thioether (sulfide) groups is 1. The molecule has 2 aliphatic carbocycles. The smallest absolute Gasteiger partial charge is 0.235 e. The highest BCUT2D eigenvalue weighted by molar-refractivity contribution is 7.99. The first kappa shape index (κ1) is 22.3. The lowest BCUT2D eigenvalue weighted by Crippen LogP contribution is -2.28. The fourth-order valence-corrected chi connectivity index (χ4v) is 6.70. The summed E-state index contributed by atoms with van der Waals surface area (Å²) in [4.78, 5) is 23.2. The van der Waals surface area contributed by atoms with Crippen LogP contribution in [0.5, 0.6) is 0 Å². The standard InChI is InChI=1S/C24H30N4OS2/c1-5-24(3,4)15-9-10-17-18(12-25)22(31-20(17)11-15)28-21(29)13-30-23-26-14(2)16-7-6-8-19(16)27-23/h15H,5-11,13H2,1-4H3,(H,28,29)/t15-/m1/s1. The third-order valence-corrected chi connectivity index (χ3v) is 9.12. The van der Waals surface area contributed by atoms with Crippen LogP contribution in [0, 0.1) is 29.6 Å². The molecule has 0 unspecified atom stereocenters. The normalized spacial score (nSPS) is 17.7. The summed E-state index contributed by atoms with van der Waals surface area (Å²) in [7, 11) is 0. The van der Waals surface area contributed by atoms with Crippen LogP contribution in [0.4, 0.5) is 5.00 Å². The number of anilines is 1. The Bertz CT molecular complexity index is 1050. The Morgan fingerprint density at radius 1 is 1.29 bits per heavy atom. The molecule has 1 N–H and O–H groups in total. The molecule has 0 aromatic carbocycles. The van der Waals surface area contributed by atoms with Crippen molar-refractivity contribution >= 4 is 34.0 Å². The van der Waals surface area contributed by atoms with E-state index in [1.807, 2.05) is 6.92 Å².